The summed E-state index contributed by atoms with van der Waals surface area (Å²) in [6, 6.07) is 4.12. The monoisotopic (exact) mass is 264 g/mol. The van der Waals surface area contributed by atoms with Crippen LogP contribution in [-0.2, 0) is 10.0 Å². The smallest absolute Gasteiger partial charge is 0.206 e. The van der Waals surface area contributed by atoms with Gasteiger partial charge in [0.05, 0.1) is 10.4 Å². The molecule has 0 N–H and O–H groups in total. The normalized spacial score (nSPS) is 13.8. The van der Waals surface area contributed by atoms with E-state index in [1.807, 2.05) is 6.07 Å². The van der Waals surface area contributed by atoms with Gasteiger partial charge < -0.3 is 0 Å². The van der Waals surface area contributed by atoms with E-state index in [-0.39, 0.29) is 4.21 Å². The van der Waals surface area contributed by atoms with Crippen LogP contribution >= 0.6 is 22.9 Å². The topological polar surface area (TPSA) is 61.2 Å². The van der Waals surface area contributed by atoms with Gasteiger partial charge in [-0.3, -0.25) is 0 Å². The molecule has 1 rings (SSSR count). The number of rotatable bonds is 3. The van der Waals surface area contributed by atoms with E-state index in [1.54, 1.807) is 0 Å². The molecule has 0 aliphatic heterocycles. The molecule has 0 saturated heterocycles. The molecule has 1 heterocycles. The van der Waals surface area contributed by atoms with E-state index >= 15 is 0 Å². The fourth-order valence-corrected chi connectivity index (χ4v) is 3.81. The molecule has 0 aromatic carbocycles. The van der Waals surface area contributed by atoms with Crippen molar-refractivity contribution < 1.29 is 8.42 Å². The summed E-state index contributed by atoms with van der Waals surface area (Å²) in [6.07, 6.45) is 0. The molecule has 0 bridgehead atoms. The minimum Gasteiger partial charge on any atom is -0.206 e. The molecule has 7 heteroatoms. The van der Waals surface area contributed by atoms with Crippen molar-refractivity contribution in [2.45, 2.75) is 17.2 Å². The first-order valence-corrected chi connectivity index (χ1v) is 6.66. The van der Waals surface area contributed by atoms with Gasteiger partial charge in [0.1, 0.15) is 10.3 Å². The van der Waals surface area contributed by atoms with Crippen molar-refractivity contribution in [2.24, 2.45) is 0 Å². The number of hydrogen-bond donors (Lipinski definition) is 0. The lowest BCUT2D eigenvalue weighted by molar-refractivity contribution is 0.443. The van der Waals surface area contributed by atoms with Crippen LogP contribution in [-0.4, -0.2) is 25.8 Å². The van der Waals surface area contributed by atoms with Gasteiger partial charge in [0.2, 0.25) is 0 Å². The fraction of sp³-hybridized carbons (Fsp3) is 0.375. The van der Waals surface area contributed by atoms with Crippen molar-refractivity contribution in [2.75, 3.05) is 7.05 Å². The lowest BCUT2D eigenvalue weighted by atomic mass is 10.4. The zero-order valence-corrected chi connectivity index (χ0v) is 10.5. The molecule has 15 heavy (non-hydrogen) atoms. The maximum Gasteiger partial charge on any atom is 0.253 e. The van der Waals surface area contributed by atoms with Crippen LogP contribution in [0.15, 0.2) is 16.3 Å². The SMILES string of the molecule is CC(C#N)N(C)S(=O)(=O)c1ccc(Cl)s1. The molecule has 0 aliphatic carbocycles. The van der Waals surface area contributed by atoms with Crippen LogP contribution < -0.4 is 0 Å². The Morgan fingerprint density at radius 2 is 2.20 bits per heavy atom. The summed E-state index contributed by atoms with van der Waals surface area (Å²) in [4.78, 5) is 0. The lowest BCUT2D eigenvalue weighted by Crippen LogP contribution is -2.33. The minimum atomic E-state index is -3.58. The standard InChI is InChI=1S/C8H9ClN2O2S2/c1-6(5-10)11(2)15(12,13)8-4-3-7(9)14-8/h3-4,6H,1-2H3. The lowest BCUT2D eigenvalue weighted by Gasteiger charge is -2.17. The van der Waals surface area contributed by atoms with E-state index < -0.39 is 16.1 Å². The van der Waals surface area contributed by atoms with E-state index in [4.69, 9.17) is 16.9 Å². The average Bonchev–Trinajstić information content (AvgIpc) is 2.63. The molecule has 0 fully saturated rings. The largest absolute Gasteiger partial charge is 0.253 e. The summed E-state index contributed by atoms with van der Waals surface area (Å²) in [5, 5.41) is 8.64. The number of hydrogen-bond acceptors (Lipinski definition) is 4. The Hall–Kier alpha value is -0.610. The van der Waals surface area contributed by atoms with Gasteiger partial charge in [-0.15, -0.1) is 11.3 Å². The van der Waals surface area contributed by atoms with Crippen LogP contribution in [0.3, 0.4) is 0 Å². The molecule has 0 aliphatic rings. The van der Waals surface area contributed by atoms with E-state index in [0.29, 0.717) is 4.34 Å². The van der Waals surface area contributed by atoms with Gasteiger partial charge >= 0.3 is 0 Å². The highest BCUT2D eigenvalue weighted by molar-refractivity contribution is 7.91. The van der Waals surface area contributed by atoms with Gasteiger partial charge in [-0.05, 0) is 19.1 Å². The first kappa shape index (κ1) is 12.5. The summed E-state index contributed by atoms with van der Waals surface area (Å²) in [5.74, 6) is 0. The van der Waals surface area contributed by atoms with E-state index in [2.05, 4.69) is 0 Å². The first-order chi connectivity index (χ1) is 6.89. The Morgan fingerprint density at radius 3 is 2.60 bits per heavy atom. The molecule has 1 aromatic heterocycles. The van der Waals surface area contributed by atoms with Crippen LogP contribution in [0, 0.1) is 11.3 Å². The number of thiophene rings is 1. The highest BCUT2D eigenvalue weighted by Crippen LogP contribution is 2.28. The van der Waals surface area contributed by atoms with E-state index in [0.717, 1.165) is 15.6 Å². The van der Waals surface area contributed by atoms with Crippen molar-refractivity contribution in [3.63, 3.8) is 0 Å². The summed E-state index contributed by atoms with van der Waals surface area (Å²) in [7, 11) is -2.21. The Bertz CT molecular complexity index is 489. The molecular formula is C8H9ClN2O2S2. The van der Waals surface area contributed by atoms with Gasteiger partial charge in [-0.1, -0.05) is 11.6 Å². The van der Waals surface area contributed by atoms with E-state index in [1.165, 1.54) is 26.1 Å². The number of sulfonamides is 1. The third kappa shape index (κ3) is 2.49. The second-order valence-electron chi connectivity index (χ2n) is 2.88. The molecule has 1 unspecified atom stereocenters. The molecule has 0 spiro atoms. The van der Waals surface area contributed by atoms with Crippen LogP contribution in [0.4, 0.5) is 0 Å². The quantitative estimate of drug-likeness (QED) is 0.838. The van der Waals surface area contributed by atoms with Crippen LogP contribution in [0.5, 0.6) is 0 Å². The van der Waals surface area contributed by atoms with E-state index in [9.17, 15) is 8.42 Å². The second-order valence-corrected chi connectivity index (χ2v) is 6.82. The van der Waals surface area contributed by atoms with Gasteiger partial charge in [0, 0.05) is 7.05 Å². The Morgan fingerprint density at radius 1 is 1.60 bits per heavy atom. The Balaban J connectivity index is 3.10. The predicted octanol–water partition coefficient (Wildman–Crippen LogP) is 1.93. The van der Waals surface area contributed by atoms with Gasteiger partial charge in [-0.25, -0.2) is 8.42 Å². The zero-order chi connectivity index (χ0) is 11.6. The van der Waals surface area contributed by atoms with Crippen molar-refractivity contribution in [1.82, 2.24) is 4.31 Å². The number of nitrogens with zero attached hydrogens (tertiary/aromatic N) is 2. The molecule has 4 nitrogen and oxygen atoms in total. The maximum absolute atomic E-state index is 11.9. The maximum atomic E-state index is 11.9. The zero-order valence-electron chi connectivity index (χ0n) is 8.14. The van der Waals surface area contributed by atoms with Crippen molar-refractivity contribution in [1.29, 1.82) is 5.26 Å². The third-order valence-electron chi connectivity index (χ3n) is 1.91. The van der Waals surface area contributed by atoms with Crippen LogP contribution in [0.1, 0.15) is 6.92 Å². The highest BCUT2D eigenvalue weighted by atomic mass is 35.5. The number of nitriles is 1. The van der Waals surface area contributed by atoms with Crippen molar-refractivity contribution >= 4 is 33.0 Å². The van der Waals surface area contributed by atoms with Crippen LogP contribution in [0.2, 0.25) is 4.34 Å². The summed E-state index contributed by atoms with van der Waals surface area (Å²) in [6.45, 7) is 1.52. The molecule has 1 aromatic rings. The van der Waals surface area contributed by atoms with Gasteiger partial charge in [0.15, 0.2) is 0 Å². The Labute approximate surface area is 97.7 Å². The molecular weight excluding hydrogens is 256 g/mol. The summed E-state index contributed by atoms with van der Waals surface area (Å²) < 4.78 is 25.3. The molecule has 1 atom stereocenters. The molecule has 0 radical (unpaired) electrons. The molecule has 0 amide bonds. The highest BCUT2D eigenvalue weighted by Gasteiger charge is 2.26. The minimum absolute atomic E-state index is 0.150. The molecule has 0 saturated carbocycles. The van der Waals surface area contributed by atoms with Crippen LogP contribution in [0.25, 0.3) is 0 Å². The summed E-state index contributed by atoms with van der Waals surface area (Å²) >= 11 is 6.63. The van der Waals surface area contributed by atoms with Crippen molar-refractivity contribution in [3.05, 3.63) is 16.5 Å². The van der Waals surface area contributed by atoms with Crippen molar-refractivity contribution in [3.8, 4) is 6.07 Å². The van der Waals surface area contributed by atoms with Gasteiger partial charge in [0.25, 0.3) is 10.0 Å². The Kier molecular flexibility index (Phi) is 3.73. The predicted molar refractivity (Wildman–Crippen MR) is 59.4 cm³/mol. The average molecular weight is 265 g/mol. The third-order valence-corrected chi connectivity index (χ3v) is 5.54. The number of halogens is 1. The van der Waals surface area contributed by atoms with Gasteiger partial charge in [-0.2, -0.15) is 9.57 Å². The second kappa shape index (κ2) is 4.49. The fourth-order valence-electron chi connectivity index (χ4n) is 0.868. The first-order valence-electron chi connectivity index (χ1n) is 4.02. The summed E-state index contributed by atoms with van der Waals surface area (Å²) in [5.41, 5.74) is 0. The molecule has 82 valence electrons.